The molecule has 0 aliphatic heterocycles. The quantitative estimate of drug-likeness (QED) is 0.683. The second-order valence-electron chi connectivity index (χ2n) is 3.17. The third-order valence-corrected chi connectivity index (χ3v) is 3.24. The van der Waals surface area contributed by atoms with Crippen molar-refractivity contribution in [2.24, 2.45) is 0 Å². The zero-order valence-electron chi connectivity index (χ0n) is 8.32. The van der Waals surface area contributed by atoms with Gasteiger partial charge in [0.1, 0.15) is 10.7 Å². The number of hydrogen-bond acceptors (Lipinski definition) is 4. The van der Waals surface area contributed by atoms with Gasteiger partial charge in [-0.2, -0.15) is 26.7 Å². The number of hydrogen-bond donors (Lipinski definition) is 1. The molecule has 0 saturated carbocycles. The van der Waals surface area contributed by atoms with E-state index in [9.17, 15) is 21.6 Å². The maximum absolute atomic E-state index is 12.2. The predicted octanol–water partition coefficient (Wildman–Crippen LogP) is 2.44. The smallest absolute Gasteiger partial charge is 0.374 e. The van der Waals surface area contributed by atoms with Crippen molar-refractivity contribution >= 4 is 32.6 Å². The van der Waals surface area contributed by atoms with Crippen molar-refractivity contribution in [1.29, 1.82) is 0 Å². The summed E-state index contributed by atoms with van der Waals surface area (Å²) in [6.07, 6.45) is 0. The number of fused-ring (bicyclic) bond motifs is 1. The Morgan fingerprint density at radius 3 is 2.61 bits per heavy atom. The molecule has 0 atom stereocenters. The van der Waals surface area contributed by atoms with Crippen molar-refractivity contribution in [3.63, 3.8) is 0 Å². The van der Waals surface area contributed by atoms with E-state index in [0.717, 1.165) is 6.07 Å². The Labute approximate surface area is 104 Å². The number of rotatable bonds is 2. The molecule has 0 radical (unpaired) electrons. The van der Waals surface area contributed by atoms with E-state index in [1.807, 2.05) is 0 Å². The Morgan fingerprint density at radius 1 is 1.33 bits per heavy atom. The molecule has 0 bridgehead atoms. The van der Waals surface area contributed by atoms with Gasteiger partial charge in [0.15, 0.2) is 5.75 Å². The van der Waals surface area contributed by atoms with Crippen molar-refractivity contribution in [3.8, 4) is 5.75 Å². The van der Waals surface area contributed by atoms with E-state index in [0.29, 0.717) is 0 Å². The van der Waals surface area contributed by atoms with Crippen molar-refractivity contribution in [3.05, 3.63) is 23.4 Å². The van der Waals surface area contributed by atoms with Gasteiger partial charge in [-0.3, -0.25) is 5.10 Å². The molecule has 0 amide bonds. The number of nitrogens with one attached hydrogen (secondary N) is 1. The second kappa shape index (κ2) is 4.02. The van der Waals surface area contributed by atoms with Crippen LogP contribution < -0.4 is 4.18 Å². The molecular weight excluding hydrogens is 297 g/mol. The van der Waals surface area contributed by atoms with Crippen LogP contribution in [-0.2, 0) is 10.1 Å². The van der Waals surface area contributed by atoms with Gasteiger partial charge >= 0.3 is 15.6 Å². The molecule has 1 aromatic carbocycles. The van der Waals surface area contributed by atoms with Gasteiger partial charge in [-0.25, -0.2) is 0 Å². The van der Waals surface area contributed by atoms with Crippen LogP contribution in [-0.4, -0.2) is 24.1 Å². The summed E-state index contributed by atoms with van der Waals surface area (Å²) < 4.78 is 62.2. The number of para-hydroxylation sites is 1. The Morgan fingerprint density at radius 2 is 2.00 bits per heavy atom. The molecule has 1 N–H and O–H groups in total. The standard InChI is InChI=1S/C8H4ClF3N2O3S/c9-7-4-2-1-3-5(6(4)13-14-7)17-18(15,16)8(10,11)12/h1-3H,(H,13,14). The van der Waals surface area contributed by atoms with Crippen LogP contribution in [0.3, 0.4) is 0 Å². The summed E-state index contributed by atoms with van der Waals surface area (Å²) in [6.45, 7) is 0. The number of alkyl halides is 3. The minimum atomic E-state index is -5.73. The number of nitrogens with zero attached hydrogens (tertiary/aromatic N) is 1. The highest BCUT2D eigenvalue weighted by atomic mass is 35.5. The Bertz CT molecular complexity index is 695. The Kier molecular flexibility index (Phi) is 2.90. The minimum Gasteiger partial charge on any atom is -0.374 e. The van der Waals surface area contributed by atoms with Gasteiger partial charge in [-0.1, -0.05) is 17.7 Å². The molecule has 0 unspecified atom stereocenters. The van der Waals surface area contributed by atoms with Gasteiger partial charge < -0.3 is 4.18 Å². The summed E-state index contributed by atoms with van der Waals surface area (Å²) in [4.78, 5) is 0. The van der Waals surface area contributed by atoms with E-state index in [2.05, 4.69) is 14.4 Å². The van der Waals surface area contributed by atoms with Crippen LogP contribution in [0.2, 0.25) is 5.15 Å². The third kappa shape index (κ3) is 2.10. The second-order valence-corrected chi connectivity index (χ2v) is 5.09. The zero-order chi connectivity index (χ0) is 13.6. The highest BCUT2D eigenvalue weighted by Gasteiger charge is 2.48. The summed E-state index contributed by atoms with van der Waals surface area (Å²) in [7, 11) is -5.73. The van der Waals surface area contributed by atoms with Gasteiger partial charge in [0.25, 0.3) is 0 Å². The fraction of sp³-hybridized carbons (Fsp3) is 0.125. The van der Waals surface area contributed by atoms with Gasteiger partial charge in [-0.05, 0) is 12.1 Å². The number of aromatic nitrogens is 2. The summed E-state index contributed by atoms with van der Waals surface area (Å²) in [6, 6.07) is 3.79. The van der Waals surface area contributed by atoms with E-state index in [4.69, 9.17) is 11.6 Å². The van der Waals surface area contributed by atoms with Crippen LogP contribution >= 0.6 is 11.6 Å². The lowest BCUT2D eigenvalue weighted by Crippen LogP contribution is -2.28. The average Bonchev–Trinajstić information content (AvgIpc) is 2.60. The topological polar surface area (TPSA) is 72.1 Å². The summed E-state index contributed by atoms with van der Waals surface area (Å²) in [5.74, 6) is -0.548. The van der Waals surface area contributed by atoms with Crippen LogP contribution in [0.25, 0.3) is 10.9 Å². The van der Waals surface area contributed by atoms with Gasteiger partial charge in [0, 0.05) is 5.39 Å². The highest BCUT2D eigenvalue weighted by molar-refractivity contribution is 7.88. The summed E-state index contributed by atoms with van der Waals surface area (Å²) in [5.41, 5.74) is -5.61. The van der Waals surface area contributed by atoms with Gasteiger partial charge in [0.2, 0.25) is 0 Å². The zero-order valence-corrected chi connectivity index (χ0v) is 9.90. The minimum absolute atomic E-state index is 0.0693. The molecule has 0 fully saturated rings. The number of benzene rings is 1. The van der Waals surface area contributed by atoms with Crippen LogP contribution in [0.4, 0.5) is 13.2 Å². The lowest BCUT2D eigenvalue weighted by atomic mass is 10.2. The van der Waals surface area contributed by atoms with Crippen LogP contribution in [0.15, 0.2) is 18.2 Å². The molecular formula is C8H4ClF3N2O3S. The molecule has 1 aromatic heterocycles. The Hall–Kier alpha value is -1.48. The van der Waals surface area contributed by atoms with Gasteiger partial charge in [0.05, 0.1) is 0 Å². The van der Waals surface area contributed by atoms with Crippen LogP contribution in [0.1, 0.15) is 0 Å². The van der Waals surface area contributed by atoms with Crippen LogP contribution in [0, 0.1) is 0 Å². The summed E-state index contributed by atoms with van der Waals surface area (Å²) in [5, 5.41) is 6.20. The fourth-order valence-corrected chi connectivity index (χ4v) is 1.87. The molecule has 5 nitrogen and oxygen atoms in total. The molecule has 0 aliphatic rings. The molecule has 1 heterocycles. The van der Waals surface area contributed by atoms with Crippen molar-refractivity contribution in [2.45, 2.75) is 5.51 Å². The van der Waals surface area contributed by atoms with Crippen molar-refractivity contribution in [1.82, 2.24) is 10.2 Å². The van der Waals surface area contributed by atoms with E-state index in [-0.39, 0.29) is 16.1 Å². The van der Waals surface area contributed by atoms with Gasteiger partial charge in [-0.15, -0.1) is 0 Å². The maximum atomic E-state index is 12.2. The average molecular weight is 301 g/mol. The van der Waals surface area contributed by atoms with E-state index >= 15 is 0 Å². The van der Waals surface area contributed by atoms with E-state index in [1.54, 1.807) is 0 Å². The normalized spacial score (nSPS) is 12.9. The van der Waals surface area contributed by atoms with E-state index < -0.39 is 21.4 Å². The fourth-order valence-electron chi connectivity index (χ4n) is 1.21. The first-order valence-electron chi connectivity index (χ1n) is 4.36. The highest BCUT2D eigenvalue weighted by Crippen LogP contribution is 2.32. The molecule has 98 valence electrons. The van der Waals surface area contributed by atoms with E-state index in [1.165, 1.54) is 12.1 Å². The lowest BCUT2D eigenvalue weighted by molar-refractivity contribution is -0.0499. The molecule has 0 saturated heterocycles. The molecule has 18 heavy (non-hydrogen) atoms. The SMILES string of the molecule is O=S(=O)(Oc1cccc2c(Cl)[nH]nc12)C(F)(F)F. The largest absolute Gasteiger partial charge is 0.534 e. The Balaban J connectivity index is 2.51. The number of aromatic amines is 1. The number of H-pyrrole nitrogens is 1. The molecule has 0 spiro atoms. The molecule has 2 aromatic rings. The number of halogens is 4. The maximum Gasteiger partial charge on any atom is 0.534 e. The molecule has 10 heteroatoms. The van der Waals surface area contributed by atoms with Crippen molar-refractivity contribution in [2.75, 3.05) is 0 Å². The monoisotopic (exact) mass is 300 g/mol. The predicted molar refractivity (Wildman–Crippen MR) is 56.7 cm³/mol. The van der Waals surface area contributed by atoms with Crippen molar-refractivity contribution < 1.29 is 25.8 Å². The third-order valence-electron chi connectivity index (χ3n) is 1.98. The first-order valence-corrected chi connectivity index (χ1v) is 6.14. The molecule has 0 aliphatic carbocycles. The first-order chi connectivity index (χ1) is 8.22. The van der Waals surface area contributed by atoms with Crippen LogP contribution in [0.5, 0.6) is 5.75 Å². The lowest BCUT2D eigenvalue weighted by Gasteiger charge is -2.09. The summed E-state index contributed by atoms with van der Waals surface area (Å²) >= 11 is 5.66. The molecule has 2 rings (SSSR count). The first kappa shape index (κ1) is 13.0.